The van der Waals surface area contributed by atoms with Gasteiger partial charge in [-0.1, -0.05) is 48.5 Å². The topological polar surface area (TPSA) is 42.0 Å². The number of nitrogens with zero attached hydrogens (tertiary/aromatic N) is 1. The van der Waals surface area contributed by atoms with Crippen LogP contribution in [0.4, 0.5) is 10.1 Å². The summed E-state index contributed by atoms with van der Waals surface area (Å²) < 4.78 is 13.4. The van der Waals surface area contributed by atoms with Crippen molar-refractivity contribution in [3.05, 3.63) is 83.6 Å². The summed E-state index contributed by atoms with van der Waals surface area (Å²) in [6.45, 7) is 0. The third-order valence-corrected chi connectivity index (χ3v) is 4.97. The fraction of sp³-hybridized carbons (Fsp3) is 0.0476. The number of hydrogen-bond donors (Lipinski definition) is 1. The molecule has 3 aromatic carbocycles. The molecule has 1 amide bonds. The molecule has 26 heavy (non-hydrogen) atoms. The number of halogens is 1. The fourth-order valence-corrected chi connectivity index (χ4v) is 3.65. The first-order valence-electron chi connectivity index (χ1n) is 8.17. The minimum Gasteiger partial charge on any atom is -0.325 e. The van der Waals surface area contributed by atoms with Crippen LogP contribution in [0, 0.1) is 5.82 Å². The monoisotopic (exact) mass is 362 g/mol. The third-order valence-electron chi connectivity index (χ3n) is 4.03. The second-order valence-electron chi connectivity index (χ2n) is 5.91. The molecule has 1 heterocycles. The molecule has 0 saturated heterocycles. The van der Waals surface area contributed by atoms with Crippen molar-refractivity contribution < 1.29 is 9.18 Å². The molecule has 0 aliphatic heterocycles. The van der Waals surface area contributed by atoms with Gasteiger partial charge in [0.25, 0.3) is 0 Å². The Bertz CT molecular complexity index is 1080. The molecule has 0 bridgehead atoms. The van der Waals surface area contributed by atoms with Gasteiger partial charge in [0.1, 0.15) is 10.8 Å². The van der Waals surface area contributed by atoms with Crippen LogP contribution in [0.25, 0.3) is 21.3 Å². The zero-order chi connectivity index (χ0) is 17.9. The van der Waals surface area contributed by atoms with Crippen LogP contribution in [0.5, 0.6) is 0 Å². The van der Waals surface area contributed by atoms with E-state index in [1.807, 2.05) is 53.9 Å². The Balaban J connectivity index is 1.50. The van der Waals surface area contributed by atoms with Crippen molar-refractivity contribution in [1.82, 2.24) is 4.98 Å². The van der Waals surface area contributed by atoms with E-state index in [2.05, 4.69) is 10.3 Å². The van der Waals surface area contributed by atoms with Crippen LogP contribution < -0.4 is 5.32 Å². The highest BCUT2D eigenvalue weighted by Gasteiger charge is 2.11. The van der Waals surface area contributed by atoms with Crippen molar-refractivity contribution in [2.75, 3.05) is 5.32 Å². The number of rotatable bonds is 4. The normalized spacial score (nSPS) is 10.8. The molecule has 0 aliphatic carbocycles. The number of carbonyl (C=O) groups is 1. The minimum atomic E-state index is -0.298. The number of hydrogen-bond acceptors (Lipinski definition) is 3. The van der Waals surface area contributed by atoms with Crippen LogP contribution >= 0.6 is 11.3 Å². The molecule has 0 atom stereocenters. The Labute approximate surface area is 154 Å². The van der Waals surface area contributed by atoms with Gasteiger partial charge >= 0.3 is 0 Å². The number of nitrogens with one attached hydrogen (secondary N) is 1. The van der Waals surface area contributed by atoms with E-state index in [0.29, 0.717) is 10.7 Å². The number of carbonyl (C=O) groups excluding carboxylic acids is 1. The molecule has 1 N–H and O–H groups in total. The fourth-order valence-electron chi connectivity index (χ4n) is 2.84. The molecule has 1 aromatic heterocycles. The van der Waals surface area contributed by atoms with E-state index in [1.54, 1.807) is 6.07 Å². The third kappa shape index (κ3) is 3.48. The van der Waals surface area contributed by atoms with Crippen molar-refractivity contribution >= 4 is 33.7 Å². The number of fused-ring (bicyclic) bond motifs is 1. The lowest BCUT2D eigenvalue weighted by Gasteiger charge is -2.08. The van der Waals surface area contributed by atoms with E-state index in [4.69, 9.17) is 0 Å². The minimum absolute atomic E-state index is 0.127. The summed E-state index contributed by atoms with van der Waals surface area (Å²) in [5, 5.41) is 7.58. The lowest BCUT2D eigenvalue weighted by Crippen LogP contribution is -2.14. The first-order valence-corrected chi connectivity index (χ1v) is 9.05. The summed E-state index contributed by atoms with van der Waals surface area (Å²) in [7, 11) is 0. The van der Waals surface area contributed by atoms with E-state index >= 15 is 0 Å². The quantitative estimate of drug-likeness (QED) is 0.536. The van der Waals surface area contributed by atoms with Crippen LogP contribution in [0.1, 0.15) is 5.69 Å². The molecule has 0 aliphatic rings. The number of benzene rings is 3. The largest absolute Gasteiger partial charge is 0.325 e. The van der Waals surface area contributed by atoms with E-state index in [1.165, 1.54) is 23.5 Å². The van der Waals surface area contributed by atoms with E-state index in [0.717, 1.165) is 22.0 Å². The van der Waals surface area contributed by atoms with Crippen molar-refractivity contribution in [3.8, 4) is 10.6 Å². The second kappa shape index (κ2) is 7.06. The summed E-state index contributed by atoms with van der Waals surface area (Å²) in [6.07, 6.45) is 0.176. The van der Waals surface area contributed by atoms with Gasteiger partial charge in [-0.05, 0) is 23.6 Å². The average Bonchev–Trinajstić information content (AvgIpc) is 3.10. The van der Waals surface area contributed by atoms with Gasteiger partial charge in [-0.3, -0.25) is 4.79 Å². The molecule has 5 heteroatoms. The van der Waals surface area contributed by atoms with Crippen LogP contribution in [-0.4, -0.2) is 10.9 Å². The van der Waals surface area contributed by atoms with Gasteiger partial charge < -0.3 is 5.32 Å². The number of amides is 1. The lowest BCUT2D eigenvalue weighted by atomic mass is 10.1. The average molecular weight is 362 g/mol. The zero-order valence-corrected chi connectivity index (χ0v) is 14.6. The molecular formula is C21H15FN2OS. The smallest absolute Gasteiger partial charge is 0.230 e. The number of aromatic nitrogens is 1. The number of thiazole rings is 1. The Hall–Kier alpha value is -3.05. The van der Waals surface area contributed by atoms with Gasteiger partial charge in [-0.25, -0.2) is 9.37 Å². The predicted molar refractivity (Wildman–Crippen MR) is 104 cm³/mol. The molecule has 3 nitrogen and oxygen atoms in total. The highest BCUT2D eigenvalue weighted by Crippen LogP contribution is 2.25. The molecule has 0 saturated carbocycles. The molecule has 4 aromatic rings. The molecule has 0 unspecified atom stereocenters. The maximum atomic E-state index is 13.4. The Morgan fingerprint density at radius 1 is 1.04 bits per heavy atom. The van der Waals surface area contributed by atoms with Crippen molar-refractivity contribution in [2.45, 2.75) is 6.42 Å². The predicted octanol–water partition coefficient (Wildman–Crippen LogP) is 5.28. The molecule has 0 radical (unpaired) electrons. The van der Waals surface area contributed by atoms with Crippen molar-refractivity contribution in [1.29, 1.82) is 0 Å². The molecule has 4 rings (SSSR count). The summed E-state index contributed by atoms with van der Waals surface area (Å²) in [6, 6.07) is 20.0. The van der Waals surface area contributed by atoms with Gasteiger partial charge in [0, 0.05) is 22.0 Å². The van der Waals surface area contributed by atoms with Gasteiger partial charge in [-0.2, -0.15) is 0 Å². The van der Waals surface area contributed by atoms with Crippen molar-refractivity contribution in [2.24, 2.45) is 0 Å². The van der Waals surface area contributed by atoms with Gasteiger partial charge in [-0.15, -0.1) is 11.3 Å². The summed E-state index contributed by atoms with van der Waals surface area (Å²) in [4.78, 5) is 16.9. The van der Waals surface area contributed by atoms with Gasteiger partial charge in [0.05, 0.1) is 12.1 Å². The maximum absolute atomic E-state index is 13.4. The molecule has 128 valence electrons. The van der Waals surface area contributed by atoms with Crippen LogP contribution in [0.15, 0.2) is 72.1 Å². The van der Waals surface area contributed by atoms with Crippen LogP contribution in [0.3, 0.4) is 0 Å². The summed E-state index contributed by atoms with van der Waals surface area (Å²) in [5.41, 5.74) is 2.18. The second-order valence-corrected chi connectivity index (χ2v) is 6.76. The maximum Gasteiger partial charge on any atom is 0.230 e. The zero-order valence-electron chi connectivity index (χ0n) is 13.8. The van der Waals surface area contributed by atoms with E-state index < -0.39 is 0 Å². The van der Waals surface area contributed by atoms with Crippen LogP contribution in [0.2, 0.25) is 0 Å². The summed E-state index contributed by atoms with van der Waals surface area (Å²) in [5.74, 6) is -0.426. The Morgan fingerprint density at radius 3 is 2.73 bits per heavy atom. The van der Waals surface area contributed by atoms with E-state index in [9.17, 15) is 9.18 Å². The van der Waals surface area contributed by atoms with Gasteiger partial charge in [0.2, 0.25) is 5.91 Å². The standard InChI is InChI=1S/C21H15FN2OS/c22-16-8-3-7-15(11-16)21-23-17(13-26-21)12-20(25)24-19-10-4-6-14-5-1-2-9-18(14)19/h1-11,13H,12H2,(H,24,25). The SMILES string of the molecule is O=C(Cc1csc(-c2cccc(F)c2)n1)Nc1cccc2ccccc12. The lowest BCUT2D eigenvalue weighted by molar-refractivity contribution is -0.115. The first-order chi connectivity index (χ1) is 12.7. The molecular weight excluding hydrogens is 347 g/mol. The Morgan fingerprint density at radius 2 is 1.85 bits per heavy atom. The molecule has 0 spiro atoms. The highest BCUT2D eigenvalue weighted by atomic mass is 32.1. The Kier molecular flexibility index (Phi) is 4.46. The number of anilines is 1. The molecule has 0 fully saturated rings. The first kappa shape index (κ1) is 16.4. The van der Waals surface area contributed by atoms with Crippen LogP contribution in [-0.2, 0) is 11.2 Å². The van der Waals surface area contributed by atoms with Gasteiger partial charge in [0.15, 0.2) is 0 Å². The summed E-state index contributed by atoms with van der Waals surface area (Å²) >= 11 is 1.40. The highest BCUT2D eigenvalue weighted by molar-refractivity contribution is 7.13. The van der Waals surface area contributed by atoms with E-state index in [-0.39, 0.29) is 18.1 Å². The van der Waals surface area contributed by atoms with Crippen molar-refractivity contribution in [3.63, 3.8) is 0 Å².